The number of alkyl halides is 3. The van der Waals surface area contributed by atoms with E-state index in [0.717, 1.165) is 6.20 Å². The number of primary amides is 1. The van der Waals surface area contributed by atoms with Gasteiger partial charge in [0.2, 0.25) is 0 Å². The zero-order chi connectivity index (χ0) is 10.9. The van der Waals surface area contributed by atoms with Gasteiger partial charge in [-0.1, -0.05) is 11.6 Å². The maximum Gasteiger partial charge on any atom is 0.408 e. The summed E-state index contributed by atoms with van der Waals surface area (Å²) in [5.74, 6) is -0.962. The van der Waals surface area contributed by atoms with Crippen LogP contribution in [-0.2, 0) is 6.54 Å². The maximum absolute atomic E-state index is 11.9. The highest BCUT2D eigenvalue weighted by atomic mass is 35.5. The van der Waals surface area contributed by atoms with Gasteiger partial charge in [-0.05, 0) is 0 Å². The van der Waals surface area contributed by atoms with Crippen LogP contribution >= 0.6 is 11.6 Å². The fourth-order valence-corrected chi connectivity index (χ4v) is 1.07. The summed E-state index contributed by atoms with van der Waals surface area (Å²) in [6, 6.07) is 0. The molecular weight excluding hydrogens is 223 g/mol. The molecule has 0 bridgehead atoms. The smallest absolute Gasteiger partial charge is 0.364 e. The molecule has 1 heterocycles. The summed E-state index contributed by atoms with van der Waals surface area (Å²) in [5, 5.41) is 3.09. The number of amides is 1. The van der Waals surface area contributed by atoms with Gasteiger partial charge in [0.15, 0.2) is 5.69 Å². The van der Waals surface area contributed by atoms with Crippen LogP contribution in [0.15, 0.2) is 6.20 Å². The van der Waals surface area contributed by atoms with Crippen LogP contribution in [0.4, 0.5) is 13.2 Å². The van der Waals surface area contributed by atoms with Crippen LogP contribution in [-0.4, -0.2) is 21.9 Å². The Morgan fingerprint density at radius 1 is 1.64 bits per heavy atom. The van der Waals surface area contributed by atoms with E-state index in [2.05, 4.69) is 5.10 Å². The first kappa shape index (κ1) is 10.8. The van der Waals surface area contributed by atoms with Crippen molar-refractivity contribution in [2.75, 3.05) is 0 Å². The molecule has 1 aromatic heterocycles. The summed E-state index contributed by atoms with van der Waals surface area (Å²) in [5.41, 5.74) is 4.45. The molecule has 14 heavy (non-hydrogen) atoms. The Morgan fingerprint density at radius 2 is 2.21 bits per heavy atom. The van der Waals surface area contributed by atoms with Gasteiger partial charge < -0.3 is 5.73 Å². The molecule has 2 N–H and O–H groups in total. The van der Waals surface area contributed by atoms with Crippen LogP contribution in [0.1, 0.15) is 10.5 Å². The van der Waals surface area contributed by atoms with Crippen molar-refractivity contribution in [1.82, 2.24) is 9.78 Å². The molecule has 0 aliphatic carbocycles. The number of hydrogen-bond acceptors (Lipinski definition) is 2. The van der Waals surface area contributed by atoms with Crippen molar-refractivity contribution in [1.29, 1.82) is 0 Å². The van der Waals surface area contributed by atoms with E-state index in [9.17, 15) is 18.0 Å². The van der Waals surface area contributed by atoms with E-state index in [1.54, 1.807) is 0 Å². The van der Waals surface area contributed by atoms with E-state index in [1.807, 2.05) is 0 Å². The molecule has 0 saturated heterocycles. The molecule has 0 aromatic carbocycles. The normalized spacial score (nSPS) is 11.7. The molecular formula is C6H5ClF3N3O. The Morgan fingerprint density at radius 3 is 2.57 bits per heavy atom. The Kier molecular flexibility index (Phi) is 2.70. The third-order valence-electron chi connectivity index (χ3n) is 1.29. The van der Waals surface area contributed by atoms with Gasteiger partial charge in [0.25, 0.3) is 5.91 Å². The quantitative estimate of drug-likeness (QED) is 0.825. The molecule has 0 fully saturated rings. The number of carbonyl (C=O) groups excluding carboxylic acids is 1. The number of hydrogen-bond donors (Lipinski definition) is 1. The van der Waals surface area contributed by atoms with Crippen LogP contribution < -0.4 is 5.73 Å². The predicted octanol–water partition coefficient (Wildman–Crippen LogP) is 1.20. The SMILES string of the molecule is NC(=O)c1nn(CC(F)(F)F)cc1Cl. The highest BCUT2D eigenvalue weighted by molar-refractivity contribution is 6.33. The third kappa shape index (κ3) is 2.63. The highest BCUT2D eigenvalue weighted by Crippen LogP contribution is 2.19. The summed E-state index contributed by atoms with van der Waals surface area (Å²) in [6.07, 6.45) is -3.51. The summed E-state index contributed by atoms with van der Waals surface area (Å²) in [4.78, 5) is 10.6. The fraction of sp³-hybridized carbons (Fsp3) is 0.333. The number of carbonyl (C=O) groups is 1. The predicted molar refractivity (Wildman–Crippen MR) is 41.8 cm³/mol. The Labute approximate surface area is 81.4 Å². The van der Waals surface area contributed by atoms with E-state index < -0.39 is 18.6 Å². The van der Waals surface area contributed by atoms with Crippen molar-refractivity contribution in [3.05, 3.63) is 16.9 Å². The van der Waals surface area contributed by atoms with Gasteiger partial charge in [-0.3, -0.25) is 9.48 Å². The van der Waals surface area contributed by atoms with E-state index >= 15 is 0 Å². The average molecular weight is 228 g/mol. The van der Waals surface area contributed by atoms with Crippen LogP contribution in [0, 0.1) is 0 Å². The number of rotatable bonds is 2. The molecule has 8 heteroatoms. The minimum absolute atomic E-state index is 0.193. The third-order valence-corrected chi connectivity index (χ3v) is 1.57. The van der Waals surface area contributed by atoms with E-state index in [-0.39, 0.29) is 10.7 Å². The molecule has 0 spiro atoms. The van der Waals surface area contributed by atoms with Crippen molar-refractivity contribution in [3.8, 4) is 0 Å². The lowest BCUT2D eigenvalue weighted by Gasteiger charge is -2.04. The van der Waals surface area contributed by atoms with Gasteiger partial charge in [0, 0.05) is 6.20 Å². The maximum atomic E-state index is 11.9. The average Bonchev–Trinajstić information content (AvgIpc) is 2.26. The number of nitrogens with zero attached hydrogens (tertiary/aromatic N) is 2. The molecule has 0 atom stereocenters. The van der Waals surface area contributed by atoms with Gasteiger partial charge in [0.1, 0.15) is 6.54 Å². The van der Waals surface area contributed by atoms with Gasteiger partial charge in [-0.25, -0.2) is 0 Å². The molecule has 0 unspecified atom stereocenters. The van der Waals surface area contributed by atoms with Crippen molar-refractivity contribution < 1.29 is 18.0 Å². The first-order valence-corrected chi connectivity index (χ1v) is 3.77. The zero-order valence-electron chi connectivity index (χ0n) is 6.68. The standard InChI is InChI=1S/C6H5ClF3N3O/c7-3-1-13(2-6(8,9)10)12-4(3)5(11)14/h1H,2H2,(H2,11,14). The largest absolute Gasteiger partial charge is 0.408 e. The molecule has 78 valence electrons. The van der Waals surface area contributed by atoms with Gasteiger partial charge in [-0.15, -0.1) is 0 Å². The second-order valence-corrected chi connectivity index (χ2v) is 2.91. The van der Waals surface area contributed by atoms with Crippen LogP contribution in [0.25, 0.3) is 0 Å². The second kappa shape index (κ2) is 3.49. The first-order chi connectivity index (χ1) is 6.29. The summed E-state index contributed by atoms with van der Waals surface area (Å²) >= 11 is 5.42. The summed E-state index contributed by atoms with van der Waals surface area (Å²) in [6.45, 7) is -1.31. The lowest BCUT2D eigenvalue weighted by atomic mass is 10.4. The van der Waals surface area contributed by atoms with Crippen molar-refractivity contribution in [3.63, 3.8) is 0 Å². The highest BCUT2D eigenvalue weighted by Gasteiger charge is 2.29. The molecule has 1 amide bonds. The zero-order valence-corrected chi connectivity index (χ0v) is 7.43. The molecule has 4 nitrogen and oxygen atoms in total. The van der Waals surface area contributed by atoms with Gasteiger partial charge >= 0.3 is 6.18 Å². The van der Waals surface area contributed by atoms with Crippen LogP contribution in [0.2, 0.25) is 5.02 Å². The minimum Gasteiger partial charge on any atom is -0.364 e. The fourth-order valence-electron chi connectivity index (χ4n) is 0.829. The Hall–Kier alpha value is -1.24. The molecule has 0 aliphatic heterocycles. The minimum atomic E-state index is -4.41. The lowest BCUT2D eigenvalue weighted by molar-refractivity contribution is -0.142. The topological polar surface area (TPSA) is 60.9 Å². The molecule has 1 aromatic rings. The molecule has 0 radical (unpaired) electrons. The number of nitrogens with two attached hydrogens (primary N) is 1. The van der Waals surface area contributed by atoms with Gasteiger partial charge in [0.05, 0.1) is 5.02 Å². The van der Waals surface area contributed by atoms with Crippen molar-refractivity contribution in [2.24, 2.45) is 5.73 Å². The van der Waals surface area contributed by atoms with Crippen molar-refractivity contribution >= 4 is 17.5 Å². The number of aromatic nitrogens is 2. The van der Waals surface area contributed by atoms with E-state index in [4.69, 9.17) is 17.3 Å². The second-order valence-electron chi connectivity index (χ2n) is 2.50. The monoisotopic (exact) mass is 227 g/mol. The van der Waals surface area contributed by atoms with Crippen LogP contribution in [0.3, 0.4) is 0 Å². The Balaban J connectivity index is 2.92. The molecule has 0 saturated carbocycles. The number of halogens is 4. The summed E-state index contributed by atoms with van der Waals surface area (Å²) < 4.78 is 36.1. The lowest BCUT2D eigenvalue weighted by Crippen LogP contribution is -2.19. The van der Waals surface area contributed by atoms with Crippen molar-refractivity contribution in [2.45, 2.75) is 12.7 Å². The summed E-state index contributed by atoms with van der Waals surface area (Å²) in [7, 11) is 0. The van der Waals surface area contributed by atoms with Gasteiger partial charge in [-0.2, -0.15) is 18.3 Å². The van der Waals surface area contributed by atoms with Crippen LogP contribution in [0.5, 0.6) is 0 Å². The molecule has 1 rings (SSSR count). The van der Waals surface area contributed by atoms with E-state index in [1.165, 1.54) is 0 Å². The first-order valence-electron chi connectivity index (χ1n) is 3.39. The molecule has 0 aliphatic rings. The van der Waals surface area contributed by atoms with E-state index in [0.29, 0.717) is 4.68 Å². The Bertz CT molecular complexity index is 360.